The number of phenols is 1. The molecule has 1 unspecified atom stereocenters. The number of nitrogens with zero attached hydrogens (tertiary/aromatic N) is 2. The molecule has 0 aliphatic carbocycles. The summed E-state index contributed by atoms with van der Waals surface area (Å²) in [5.41, 5.74) is 0.591. The molecule has 1 heterocycles. The molecule has 0 aromatic heterocycles. The maximum atomic E-state index is 13.0. The number of rotatable bonds is 8. The number of aliphatic hydroxyl groups excluding tert-OH is 1. The fraction of sp³-hybridized carbons (Fsp3) is 0.333. The fourth-order valence-corrected chi connectivity index (χ4v) is 3.69. The predicted molar refractivity (Wildman–Crippen MR) is 120 cm³/mol. The Kier molecular flexibility index (Phi) is 7.05. The lowest BCUT2D eigenvalue weighted by Crippen LogP contribution is -2.35. The summed E-state index contributed by atoms with van der Waals surface area (Å²) >= 11 is 0. The maximum absolute atomic E-state index is 13.0. The third-order valence-corrected chi connectivity index (χ3v) is 5.27. The number of amides is 1. The zero-order chi connectivity index (χ0) is 23.4. The normalized spacial score (nSPS) is 17.8. The average molecular weight is 440 g/mol. The number of aliphatic hydroxyl groups is 1. The van der Waals surface area contributed by atoms with Gasteiger partial charge in [-0.25, -0.2) is 0 Å². The van der Waals surface area contributed by atoms with Crippen LogP contribution >= 0.6 is 0 Å². The topological polar surface area (TPSA) is 99.5 Å². The second kappa shape index (κ2) is 9.74. The molecule has 8 heteroatoms. The van der Waals surface area contributed by atoms with E-state index in [1.165, 1.54) is 24.1 Å². The van der Waals surface area contributed by atoms with Gasteiger partial charge in [0.15, 0.2) is 0 Å². The molecule has 2 N–H and O–H groups in total. The Morgan fingerprint density at radius 1 is 1.12 bits per heavy atom. The van der Waals surface area contributed by atoms with Crippen molar-refractivity contribution in [1.29, 1.82) is 0 Å². The van der Waals surface area contributed by atoms with Gasteiger partial charge in [0, 0.05) is 19.2 Å². The number of methoxy groups -OCH3 is 1. The molecule has 170 valence electrons. The number of ether oxygens (including phenoxy) is 2. The highest BCUT2D eigenvalue weighted by Gasteiger charge is 2.46. The van der Waals surface area contributed by atoms with Gasteiger partial charge in [-0.3, -0.25) is 9.59 Å². The highest BCUT2D eigenvalue weighted by Crippen LogP contribution is 2.41. The van der Waals surface area contributed by atoms with Crippen LogP contribution in [0, 0.1) is 0 Å². The highest BCUT2D eigenvalue weighted by molar-refractivity contribution is 6.46. The zero-order valence-corrected chi connectivity index (χ0v) is 18.7. The number of carbonyl (C=O) groups excluding carboxylic acids is 2. The first-order valence-electron chi connectivity index (χ1n) is 10.3. The van der Waals surface area contributed by atoms with Crippen LogP contribution in [0.25, 0.3) is 5.76 Å². The van der Waals surface area contributed by atoms with Crippen molar-refractivity contribution in [2.75, 3.05) is 40.9 Å². The smallest absolute Gasteiger partial charge is 0.295 e. The molecule has 0 bridgehead atoms. The van der Waals surface area contributed by atoms with Gasteiger partial charge in [-0.05, 0) is 50.8 Å². The van der Waals surface area contributed by atoms with Crippen LogP contribution in [-0.4, -0.2) is 72.6 Å². The molecule has 1 aliphatic heterocycles. The highest BCUT2D eigenvalue weighted by atomic mass is 16.5. The molecule has 0 radical (unpaired) electrons. The van der Waals surface area contributed by atoms with Crippen LogP contribution in [0.3, 0.4) is 0 Å². The van der Waals surface area contributed by atoms with Crippen molar-refractivity contribution in [3.05, 3.63) is 59.2 Å². The molecule has 1 fully saturated rings. The van der Waals surface area contributed by atoms with Crippen LogP contribution in [0.4, 0.5) is 0 Å². The van der Waals surface area contributed by atoms with E-state index in [-0.39, 0.29) is 23.4 Å². The lowest BCUT2D eigenvalue weighted by molar-refractivity contribution is -0.140. The second-order valence-electron chi connectivity index (χ2n) is 7.68. The fourth-order valence-electron chi connectivity index (χ4n) is 3.69. The van der Waals surface area contributed by atoms with Crippen molar-refractivity contribution in [2.45, 2.75) is 13.0 Å². The van der Waals surface area contributed by atoms with Crippen LogP contribution in [0.1, 0.15) is 24.1 Å². The molecule has 3 rings (SSSR count). The van der Waals surface area contributed by atoms with Crippen LogP contribution in [0.5, 0.6) is 17.2 Å². The molecule has 0 saturated carbocycles. The molecule has 1 atom stereocenters. The van der Waals surface area contributed by atoms with Crippen LogP contribution < -0.4 is 9.47 Å². The van der Waals surface area contributed by atoms with Gasteiger partial charge in [-0.15, -0.1) is 0 Å². The standard InChI is InChI=1S/C24H28N2O6/c1-5-32-17-8-6-7-15(13-17)21-20(23(29)24(30)26(21)12-11-25(2)3)22(28)18-10-9-16(31-4)14-19(18)27/h6-10,13-14,21,27-28H,5,11-12H2,1-4H3. The first kappa shape index (κ1) is 23.1. The number of carbonyl (C=O) groups is 2. The van der Waals surface area contributed by atoms with Gasteiger partial charge in [-0.1, -0.05) is 12.1 Å². The Bertz CT molecular complexity index is 1050. The lowest BCUT2D eigenvalue weighted by Gasteiger charge is -2.27. The summed E-state index contributed by atoms with van der Waals surface area (Å²) in [5, 5.41) is 21.5. The Balaban J connectivity index is 2.17. The first-order chi connectivity index (χ1) is 15.3. The van der Waals surface area contributed by atoms with Crippen molar-refractivity contribution < 1.29 is 29.3 Å². The molecule has 2 aromatic rings. The number of likely N-dealkylation sites (N-methyl/N-ethyl adjacent to an activating group) is 1. The molecule has 0 spiro atoms. The van der Waals surface area contributed by atoms with E-state index in [1.807, 2.05) is 25.9 Å². The molecule has 2 aromatic carbocycles. The van der Waals surface area contributed by atoms with Crippen LogP contribution in [-0.2, 0) is 9.59 Å². The van der Waals surface area contributed by atoms with E-state index >= 15 is 0 Å². The van der Waals surface area contributed by atoms with E-state index < -0.39 is 23.5 Å². The number of Topliss-reactive ketones (excluding diaryl/α,β-unsaturated/α-hetero) is 1. The molecular formula is C24H28N2O6. The molecule has 1 aliphatic rings. The molecule has 1 saturated heterocycles. The Labute approximate surface area is 187 Å². The van der Waals surface area contributed by atoms with Crippen molar-refractivity contribution in [3.8, 4) is 17.2 Å². The Morgan fingerprint density at radius 2 is 1.88 bits per heavy atom. The first-order valence-corrected chi connectivity index (χ1v) is 10.3. The van der Waals surface area contributed by atoms with Gasteiger partial charge in [0.1, 0.15) is 23.0 Å². The number of aromatic hydroxyl groups is 1. The maximum Gasteiger partial charge on any atom is 0.295 e. The monoisotopic (exact) mass is 440 g/mol. The van der Waals surface area contributed by atoms with Crippen molar-refractivity contribution in [2.24, 2.45) is 0 Å². The van der Waals surface area contributed by atoms with Gasteiger partial charge in [0.05, 0.1) is 30.9 Å². The summed E-state index contributed by atoms with van der Waals surface area (Å²) in [7, 11) is 5.20. The largest absolute Gasteiger partial charge is 0.507 e. The summed E-state index contributed by atoms with van der Waals surface area (Å²) in [6, 6.07) is 10.6. The average Bonchev–Trinajstić information content (AvgIpc) is 3.02. The molecule has 32 heavy (non-hydrogen) atoms. The summed E-state index contributed by atoms with van der Waals surface area (Å²) in [4.78, 5) is 29.3. The third-order valence-electron chi connectivity index (χ3n) is 5.27. The van der Waals surface area contributed by atoms with E-state index in [0.29, 0.717) is 30.2 Å². The van der Waals surface area contributed by atoms with Crippen LogP contribution in [0.15, 0.2) is 48.0 Å². The van der Waals surface area contributed by atoms with Gasteiger partial charge >= 0.3 is 0 Å². The summed E-state index contributed by atoms with van der Waals surface area (Å²) in [6.07, 6.45) is 0. The second-order valence-corrected chi connectivity index (χ2v) is 7.68. The number of likely N-dealkylation sites (tertiary alicyclic amines) is 1. The van der Waals surface area contributed by atoms with E-state index in [9.17, 15) is 19.8 Å². The third kappa shape index (κ3) is 4.55. The van der Waals surface area contributed by atoms with Crippen molar-refractivity contribution in [1.82, 2.24) is 9.80 Å². The van der Waals surface area contributed by atoms with Crippen molar-refractivity contribution in [3.63, 3.8) is 0 Å². The van der Waals surface area contributed by atoms with Crippen molar-refractivity contribution >= 4 is 17.4 Å². The molecule has 8 nitrogen and oxygen atoms in total. The minimum atomic E-state index is -0.822. The van der Waals surface area contributed by atoms with Gasteiger partial charge in [0.25, 0.3) is 11.7 Å². The number of phenolic OH excluding ortho intramolecular Hbond substituents is 1. The van der Waals surface area contributed by atoms with Gasteiger partial charge < -0.3 is 29.5 Å². The number of hydrogen-bond acceptors (Lipinski definition) is 7. The Hall–Kier alpha value is -3.52. The summed E-state index contributed by atoms with van der Waals surface area (Å²) in [5.74, 6) is -1.22. The van der Waals surface area contributed by atoms with Gasteiger partial charge in [-0.2, -0.15) is 0 Å². The summed E-state index contributed by atoms with van der Waals surface area (Å²) in [6.45, 7) is 3.14. The van der Waals surface area contributed by atoms with E-state index in [4.69, 9.17) is 9.47 Å². The number of benzene rings is 2. The number of ketones is 1. The summed E-state index contributed by atoms with van der Waals surface area (Å²) < 4.78 is 10.7. The SMILES string of the molecule is CCOc1cccc(C2C(=C(O)c3ccc(OC)cc3O)C(=O)C(=O)N2CCN(C)C)c1. The minimum Gasteiger partial charge on any atom is -0.507 e. The Morgan fingerprint density at radius 3 is 2.50 bits per heavy atom. The van der Waals surface area contributed by atoms with E-state index in [2.05, 4.69) is 0 Å². The number of hydrogen-bond donors (Lipinski definition) is 2. The molecule has 1 amide bonds. The lowest BCUT2D eigenvalue weighted by atomic mass is 9.94. The predicted octanol–water partition coefficient (Wildman–Crippen LogP) is 2.78. The van der Waals surface area contributed by atoms with E-state index in [0.717, 1.165) is 0 Å². The molecular weight excluding hydrogens is 412 g/mol. The quantitative estimate of drug-likeness (QED) is 0.370. The van der Waals surface area contributed by atoms with Gasteiger partial charge in [0.2, 0.25) is 0 Å². The zero-order valence-electron chi connectivity index (χ0n) is 18.7. The minimum absolute atomic E-state index is 0.0439. The van der Waals surface area contributed by atoms with Crippen LogP contribution in [0.2, 0.25) is 0 Å². The van der Waals surface area contributed by atoms with E-state index in [1.54, 1.807) is 30.3 Å².